The number of nitrogens with one attached hydrogen (secondary N) is 1. The Hall–Kier alpha value is -2.22. The van der Waals surface area contributed by atoms with Crippen molar-refractivity contribution in [1.82, 2.24) is 5.32 Å². The predicted octanol–water partition coefficient (Wildman–Crippen LogP) is 2.14. The Kier molecular flexibility index (Phi) is 6.48. The van der Waals surface area contributed by atoms with Crippen molar-refractivity contribution in [1.29, 1.82) is 0 Å². The van der Waals surface area contributed by atoms with Crippen LogP contribution in [-0.4, -0.2) is 42.7 Å². The van der Waals surface area contributed by atoms with Crippen molar-refractivity contribution in [2.45, 2.75) is 37.8 Å². The van der Waals surface area contributed by atoms with Crippen molar-refractivity contribution in [2.24, 2.45) is 0 Å². The largest absolute Gasteiger partial charge is 0.488 e. The van der Waals surface area contributed by atoms with E-state index < -0.39 is 31.0 Å². The Morgan fingerprint density at radius 1 is 1.25 bits per heavy atom. The maximum absolute atomic E-state index is 12.1. The molecule has 0 aliphatic heterocycles. The Morgan fingerprint density at radius 3 is 2.42 bits per heavy atom. The second-order valence-corrected chi connectivity index (χ2v) is 5.47. The molecule has 1 aromatic rings. The average Bonchev–Trinajstić information content (AvgIpc) is 2.49. The molecule has 2 rings (SSSR count). The number of alkyl halides is 2. The molecule has 0 bridgehead atoms. The highest BCUT2D eigenvalue weighted by Gasteiger charge is 2.24. The van der Waals surface area contributed by atoms with Gasteiger partial charge in [-0.05, 0) is 37.0 Å². The number of aliphatic carboxylic acids is 1. The van der Waals surface area contributed by atoms with Crippen LogP contribution in [0.2, 0.25) is 0 Å². The van der Waals surface area contributed by atoms with Crippen molar-refractivity contribution in [3.05, 3.63) is 29.8 Å². The molecule has 8 heteroatoms. The summed E-state index contributed by atoms with van der Waals surface area (Å²) in [6, 6.07) is 4.33. The lowest BCUT2D eigenvalue weighted by atomic mass is 9.96. The first-order chi connectivity index (χ1) is 11.5. The molecular formula is C16H19F2NO5. The zero-order valence-electron chi connectivity index (χ0n) is 12.9. The molecule has 6 nitrogen and oxygen atoms in total. The molecule has 0 radical (unpaired) electrons. The fourth-order valence-electron chi connectivity index (χ4n) is 2.14. The molecule has 132 valence electrons. The minimum atomic E-state index is -2.59. The number of carboxylic acids is 1. The van der Waals surface area contributed by atoms with Gasteiger partial charge in [-0.2, -0.15) is 0 Å². The van der Waals surface area contributed by atoms with E-state index in [9.17, 15) is 23.5 Å². The van der Waals surface area contributed by atoms with E-state index in [0.29, 0.717) is 5.56 Å². The van der Waals surface area contributed by atoms with Gasteiger partial charge in [-0.25, -0.2) is 13.6 Å². The molecule has 1 fully saturated rings. The highest BCUT2D eigenvalue weighted by Crippen LogP contribution is 2.22. The third-order valence-electron chi connectivity index (χ3n) is 3.64. The van der Waals surface area contributed by atoms with Gasteiger partial charge in [0.05, 0.1) is 6.10 Å². The van der Waals surface area contributed by atoms with Crippen LogP contribution < -0.4 is 10.1 Å². The maximum atomic E-state index is 12.1. The lowest BCUT2D eigenvalue weighted by molar-refractivity contribution is -0.143. The summed E-state index contributed by atoms with van der Waals surface area (Å²) < 4.78 is 34.3. The number of hydrogen-bond acceptors (Lipinski definition) is 4. The first kappa shape index (κ1) is 18.1. The van der Waals surface area contributed by atoms with Gasteiger partial charge in [0.25, 0.3) is 6.43 Å². The van der Waals surface area contributed by atoms with Crippen LogP contribution in [0.4, 0.5) is 8.78 Å². The zero-order valence-corrected chi connectivity index (χ0v) is 12.9. The number of amides is 1. The lowest BCUT2D eigenvalue weighted by Gasteiger charge is -2.25. The van der Waals surface area contributed by atoms with Gasteiger partial charge in [0.2, 0.25) is 5.91 Å². The van der Waals surface area contributed by atoms with Crippen LogP contribution in [0.25, 0.3) is 0 Å². The summed E-state index contributed by atoms with van der Waals surface area (Å²) in [6.45, 7) is -0.930. The Labute approximate surface area is 137 Å². The van der Waals surface area contributed by atoms with Gasteiger partial charge in [0.1, 0.15) is 19.0 Å². The van der Waals surface area contributed by atoms with E-state index in [1.807, 2.05) is 0 Å². The van der Waals surface area contributed by atoms with Crippen molar-refractivity contribution < 1.29 is 33.0 Å². The molecule has 1 aliphatic rings. The molecule has 24 heavy (non-hydrogen) atoms. The monoisotopic (exact) mass is 343 g/mol. The van der Waals surface area contributed by atoms with Crippen LogP contribution in [0, 0.1) is 0 Å². The maximum Gasteiger partial charge on any atom is 0.330 e. The third kappa shape index (κ3) is 5.45. The van der Waals surface area contributed by atoms with Gasteiger partial charge in [-0.3, -0.25) is 4.79 Å². The van der Waals surface area contributed by atoms with Crippen molar-refractivity contribution >= 4 is 11.9 Å². The fourth-order valence-corrected chi connectivity index (χ4v) is 2.14. The molecule has 1 unspecified atom stereocenters. The summed E-state index contributed by atoms with van der Waals surface area (Å²) in [7, 11) is 0. The third-order valence-corrected chi connectivity index (χ3v) is 3.64. The summed E-state index contributed by atoms with van der Waals surface area (Å²) in [5.41, 5.74) is 0.309. The molecule has 1 aliphatic carbocycles. The smallest absolute Gasteiger partial charge is 0.330 e. The molecule has 1 aromatic carbocycles. The van der Waals surface area contributed by atoms with E-state index in [1.165, 1.54) is 24.3 Å². The van der Waals surface area contributed by atoms with Gasteiger partial charge < -0.3 is 19.9 Å². The second-order valence-electron chi connectivity index (χ2n) is 5.47. The van der Waals surface area contributed by atoms with Gasteiger partial charge in [0.15, 0.2) is 6.04 Å². The topological polar surface area (TPSA) is 84.9 Å². The second kappa shape index (κ2) is 8.58. The SMILES string of the molecule is O=C(COC1CCC1)NC(C(=O)O)c1ccc(OCC(F)F)cc1. The Balaban J connectivity index is 1.91. The molecule has 0 aromatic heterocycles. The molecule has 2 N–H and O–H groups in total. The van der Waals surface area contributed by atoms with E-state index in [4.69, 9.17) is 9.47 Å². The molecule has 1 amide bonds. The van der Waals surface area contributed by atoms with Crippen LogP contribution in [0.5, 0.6) is 5.75 Å². The number of benzene rings is 1. The number of hydrogen-bond donors (Lipinski definition) is 2. The summed E-state index contributed by atoms with van der Waals surface area (Å²) in [5.74, 6) is -1.55. The van der Waals surface area contributed by atoms with Crippen molar-refractivity contribution in [2.75, 3.05) is 13.2 Å². The number of carboxylic acid groups (broad SMARTS) is 1. The molecule has 0 spiro atoms. The number of rotatable bonds is 9. The first-order valence-electron chi connectivity index (χ1n) is 7.60. The molecule has 0 saturated heterocycles. The Morgan fingerprint density at radius 2 is 1.92 bits per heavy atom. The fraction of sp³-hybridized carbons (Fsp3) is 0.500. The van der Waals surface area contributed by atoms with Crippen LogP contribution in [-0.2, 0) is 14.3 Å². The minimum absolute atomic E-state index is 0.0743. The normalized spacial score (nSPS) is 15.6. The quantitative estimate of drug-likeness (QED) is 0.718. The Bertz CT molecular complexity index is 560. The van der Waals surface area contributed by atoms with Crippen molar-refractivity contribution in [3.63, 3.8) is 0 Å². The van der Waals surface area contributed by atoms with E-state index in [0.717, 1.165) is 19.3 Å². The van der Waals surface area contributed by atoms with Crippen LogP contribution in [0.15, 0.2) is 24.3 Å². The highest BCUT2D eigenvalue weighted by atomic mass is 19.3. The van der Waals surface area contributed by atoms with Crippen molar-refractivity contribution in [3.8, 4) is 5.75 Å². The minimum Gasteiger partial charge on any atom is -0.488 e. The van der Waals surface area contributed by atoms with Gasteiger partial charge >= 0.3 is 5.97 Å². The molecule has 1 saturated carbocycles. The van der Waals surface area contributed by atoms with Crippen LogP contribution in [0.3, 0.4) is 0 Å². The summed E-state index contributed by atoms with van der Waals surface area (Å²) in [5, 5.41) is 11.7. The standard InChI is InChI=1S/C16H19F2NO5/c17-13(18)8-23-12-6-4-10(5-7-12)15(16(21)22)19-14(20)9-24-11-2-1-3-11/h4-7,11,13,15H,1-3,8-9H2,(H,19,20)(H,21,22). The van der Waals surface area contributed by atoms with E-state index in [2.05, 4.69) is 5.32 Å². The highest BCUT2D eigenvalue weighted by molar-refractivity contribution is 5.85. The van der Waals surface area contributed by atoms with E-state index in [1.54, 1.807) is 0 Å². The molecule has 1 atom stereocenters. The number of carbonyl (C=O) groups excluding carboxylic acids is 1. The van der Waals surface area contributed by atoms with E-state index >= 15 is 0 Å². The summed E-state index contributed by atoms with van der Waals surface area (Å²) in [6.07, 6.45) is 0.381. The lowest BCUT2D eigenvalue weighted by Crippen LogP contribution is -2.37. The zero-order chi connectivity index (χ0) is 17.5. The summed E-state index contributed by atoms with van der Waals surface area (Å²) in [4.78, 5) is 23.2. The number of halogens is 2. The predicted molar refractivity (Wildman–Crippen MR) is 80.1 cm³/mol. The van der Waals surface area contributed by atoms with Gasteiger partial charge in [-0.15, -0.1) is 0 Å². The molecular weight excluding hydrogens is 324 g/mol. The molecule has 0 heterocycles. The summed E-state index contributed by atoms with van der Waals surface area (Å²) >= 11 is 0. The van der Waals surface area contributed by atoms with Crippen LogP contribution >= 0.6 is 0 Å². The van der Waals surface area contributed by atoms with Gasteiger partial charge in [-0.1, -0.05) is 12.1 Å². The van der Waals surface area contributed by atoms with Gasteiger partial charge in [0, 0.05) is 0 Å². The average molecular weight is 343 g/mol. The van der Waals surface area contributed by atoms with Crippen LogP contribution in [0.1, 0.15) is 30.9 Å². The number of carbonyl (C=O) groups is 2. The number of ether oxygens (including phenoxy) is 2. The van der Waals surface area contributed by atoms with E-state index in [-0.39, 0.29) is 18.5 Å². The first-order valence-corrected chi connectivity index (χ1v) is 7.60.